The molecule has 1 N–H and O–H groups in total. The monoisotopic (exact) mass is 225 g/mol. The first-order chi connectivity index (χ1) is 7.90. The van der Waals surface area contributed by atoms with Crippen LogP contribution >= 0.6 is 0 Å². The molecule has 1 aliphatic carbocycles. The normalized spacial score (nSPS) is 30.9. The minimum atomic E-state index is 0.392. The summed E-state index contributed by atoms with van der Waals surface area (Å²) in [5.41, 5.74) is 0. The van der Waals surface area contributed by atoms with E-state index in [9.17, 15) is 5.11 Å². The molecule has 0 amide bonds. The fraction of sp³-hybridized carbons (Fsp3) is 1.00. The number of nitrogens with zero attached hydrogens (tertiary/aromatic N) is 1. The fourth-order valence-electron chi connectivity index (χ4n) is 3.38. The smallest absolute Gasteiger partial charge is 0.0471 e. The van der Waals surface area contributed by atoms with Gasteiger partial charge in [0, 0.05) is 19.2 Å². The molecule has 2 heteroatoms. The minimum Gasteiger partial charge on any atom is -0.396 e. The van der Waals surface area contributed by atoms with Crippen molar-refractivity contribution >= 4 is 0 Å². The van der Waals surface area contributed by atoms with E-state index in [0.29, 0.717) is 12.5 Å². The van der Waals surface area contributed by atoms with Crippen LogP contribution in [-0.2, 0) is 0 Å². The topological polar surface area (TPSA) is 23.5 Å². The molecule has 0 aromatic carbocycles. The third-order valence-electron chi connectivity index (χ3n) is 4.40. The molecule has 1 aliphatic heterocycles. The van der Waals surface area contributed by atoms with Gasteiger partial charge in [-0.3, -0.25) is 0 Å². The zero-order valence-electron chi connectivity index (χ0n) is 10.5. The van der Waals surface area contributed by atoms with Crippen molar-refractivity contribution in [2.24, 2.45) is 5.92 Å². The molecule has 2 aliphatic rings. The third-order valence-corrected chi connectivity index (χ3v) is 4.40. The van der Waals surface area contributed by atoms with Gasteiger partial charge in [0.25, 0.3) is 0 Å². The highest BCUT2D eigenvalue weighted by Gasteiger charge is 2.25. The molecule has 0 spiro atoms. The number of aliphatic hydroxyl groups excluding tert-OH is 1. The van der Waals surface area contributed by atoms with E-state index >= 15 is 0 Å². The van der Waals surface area contributed by atoms with Gasteiger partial charge in [0.05, 0.1) is 0 Å². The molecular formula is C14H27NO. The average molecular weight is 225 g/mol. The van der Waals surface area contributed by atoms with Crippen molar-refractivity contribution in [3.05, 3.63) is 0 Å². The van der Waals surface area contributed by atoms with Crippen LogP contribution in [0.3, 0.4) is 0 Å². The molecule has 2 rings (SSSR count). The lowest BCUT2D eigenvalue weighted by Crippen LogP contribution is -2.43. The molecule has 0 aromatic rings. The van der Waals surface area contributed by atoms with Crippen molar-refractivity contribution in [1.29, 1.82) is 0 Å². The van der Waals surface area contributed by atoms with Crippen molar-refractivity contribution in [3.8, 4) is 0 Å². The van der Waals surface area contributed by atoms with E-state index in [-0.39, 0.29) is 0 Å². The van der Waals surface area contributed by atoms with E-state index in [1.54, 1.807) is 0 Å². The molecule has 0 radical (unpaired) electrons. The second-order valence-corrected chi connectivity index (χ2v) is 5.68. The lowest BCUT2D eigenvalue weighted by atomic mass is 9.91. The fourth-order valence-corrected chi connectivity index (χ4v) is 3.38. The molecule has 0 bridgehead atoms. The van der Waals surface area contributed by atoms with Crippen LogP contribution in [0.25, 0.3) is 0 Å². The molecule has 2 fully saturated rings. The maximum absolute atomic E-state index is 9.28. The molecule has 1 atom stereocenters. The number of hydrogen-bond donors (Lipinski definition) is 1. The maximum Gasteiger partial charge on any atom is 0.0471 e. The number of hydrogen-bond acceptors (Lipinski definition) is 2. The van der Waals surface area contributed by atoms with Crippen molar-refractivity contribution < 1.29 is 5.11 Å². The number of piperidine rings is 1. The Hall–Kier alpha value is -0.0800. The lowest BCUT2D eigenvalue weighted by molar-refractivity contribution is 0.0767. The Labute approximate surface area is 100 Å². The predicted octanol–water partition coefficient (Wildman–Crippen LogP) is 2.80. The highest BCUT2D eigenvalue weighted by atomic mass is 16.3. The number of likely N-dealkylation sites (tertiary alicyclic amines) is 1. The molecule has 1 heterocycles. The van der Waals surface area contributed by atoms with Crippen LogP contribution < -0.4 is 0 Å². The number of aliphatic hydroxyl groups is 1. The van der Waals surface area contributed by atoms with E-state index in [0.717, 1.165) is 12.6 Å². The Bertz CT molecular complexity index is 187. The second kappa shape index (κ2) is 6.61. The second-order valence-electron chi connectivity index (χ2n) is 5.68. The summed E-state index contributed by atoms with van der Waals surface area (Å²) in [5, 5.41) is 9.28. The molecular weight excluding hydrogens is 198 g/mol. The predicted molar refractivity (Wildman–Crippen MR) is 67.5 cm³/mol. The largest absolute Gasteiger partial charge is 0.396 e. The summed E-state index contributed by atoms with van der Waals surface area (Å²) in [7, 11) is 0. The quantitative estimate of drug-likeness (QED) is 0.781. The summed E-state index contributed by atoms with van der Waals surface area (Å²) in [6.07, 6.45) is 12.5. The first kappa shape index (κ1) is 12.4. The summed E-state index contributed by atoms with van der Waals surface area (Å²) < 4.78 is 0. The van der Waals surface area contributed by atoms with Gasteiger partial charge in [-0.05, 0) is 38.1 Å². The van der Waals surface area contributed by atoms with E-state index < -0.39 is 0 Å². The summed E-state index contributed by atoms with van der Waals surface area (Å²) in [4.78, 5) is 2.68. The SMILES string of the molecule is OCC1CCCN(C2CCCCCCC2)C1. The zero-order chi connectivity index (χ0) is 11.2. The lowest BCUT2D eigenvalue weighted by Gasteiger charge is -2.38. The first-order valence-electron chi connectivity index (χ1n) is 7.25. The van der Waals surface area contributed by atoms with Gasteiger partial charge in [-0.15, -0.1) is 0 Å². The van der Waals surface area contributed by atoms with Gasteiger partial charge in [-0.25, -0.2) is 0 Å². The molecule has 1 saturated carbocycles. The summed E-state index contributed by atoms with van der Waals surface area (Å²) in [6, 6.07) is 0.828. The highest BCUT2D eigenvalue weighted by molar-refractivity contribution is 4.80. The first-order valence-corrected chi connectivity index (χ1v) is 7.25. The summed E-state index contributed by atoms with van der Waals surface area (Å²) in [6.45, 7) is 2.82. The van der Waals surface area contributed by atoms with E-state index in [2.05, 4.69) is 4.90 Å². The van der Waals surface area contributed by atoms with E-state index in [1.807, 2.05) is 0 Å². The summed E-state index contributed by atoms with van der Waals surface area (Å²) in [5.74, 6) is 0.555. The Balaban J connectivity index is 1.83. The molecule has 0 aromatic heterocycles. The molecule has 16 heavy (non-hydrogen) atoms. The van der Waals surface area contributed by atoms with Gasteiger partial charge in [-0.2, -0.15) is 0 Å². The van der Waals surface area contributed by atoms with Crippen LogP contribution in [-0.4, -0.2) is 35.7 Å². The third kappa shape index (κ3) is 3.46. The van der Waals surface area contributed by atoms with Crippen LogP contribution in [0.2, 0.25) is 0 Å². The van der Waals surface area contributed by atoms with Crippen molar-refractivity contribution in [2.45, 2.75) is 63.8 Å². The Morgan fingerprint density at radius 1 is 0.875 bits per heavy atom. The Morgan fingerprint density at radius 3 is 2.25 bits per heavy atom. The number of rotatable bonds is 2. The van der Waals surface area contributed by atoms with Crippen molar-refractivity contribution in [2.75, 3.05) is 19.7 Å². The standard InChI is InChI=1S/C14H27NO/c16-12-13-7-6-10-15(11-13)14-8-4-2-1-3-5-9-14/h13-14,16H,1-12H2. The van der Waals surface area contributed by atoms with Crippen molar-refractivity contribution in [1.82, 2.24) is 4.90 Å². The molecule has 1 saturated heterocycles. The van der Waals surface area contributed by atoms with Crippen LogP contribution in [0, 0.1) is 5.92 Å². The van der Waals surface area contributed by atoms with Gasteiger partial charge >= 0.3 is 0 Å². The van der Waals surface area contributed by atoms with Crippen LogP contribution in [0.15, 0.2) is 0 Å². The van der Waals surface area contributed by atoms with Crippen LogP contribution in [0.5, 0.6) is 0 Å². The minimum absolute atomic E-state index is 0.392. The van der Waals surface area contributed by atoms with Crippen LogP contribution in [0.1, 0.15) is 57.8 Å². The zero-order valence-corrected chi connectivity index (χ0v) is 10.5. The van der Waals surface area contributed by atoms with Crippen molar-refractivity contribution in [3.63, 3.8) is 0 Å². The molecule has 1 unspecified atom stereocenters. The summed E-state index contributed by atoms with van der Waals surface area (Å²) >= 11 is 0. The molecule has 2 nitrogen and oxygen atoms in total. The van der Waals surface area contributed by atoms with Gasteiger partial charge in [-0.1, -0.05) is 32.1 Å². The van der Waals surface area contributed by atoms with E-state index in [1.165, 1.54) is 64.3 Å². The van der Waals surface area contributed by atoms with Gasteiger partial charge < -0.3 is 10.0 Å². The Morgan fingerprint density at radius 2 is 1.56 bits per heavy atom. The van der Waals surface area contributed by atoms with Gasteiger partial charge in [0.1, 0.15) is 0 Å². The van der Waals surface area contributed by atoms with Gasteiger partial charge in [0.15, 0.2) is 0 Å². The maximum atomic E-state index is 9.28. The van der Waals surface area contributed by atoms with Gasteiger partial charge in [0.2, 0.25) is 0 Å². The highest BCUT2D eigenvalue weighted by Crippen LogP contribution is 2.25. The van der Waals surface area contributed by atoms with Crippen LogP contribution in [0.4, 0.5) is 0 Å². The molecule has 94 valence electrons. The Kier molecular flexibility index (Phi) is 5.11. The average Bonchev–Trinajstić information content (AvgIpc) is 2.29. The van der Waals surface area contributed by atoms with E-state index in [4.69, 9.17) is 0 Å².